The largest absolute Gasteiger partial charge is 0.439 e. The zero-order valence-electron chi connectivity index (χ0n) is 14.1. The van der Waals surface area contributed by atoms with Crippen LogP contribution in [0.5, 0.6) is 5.75 Å². The minimum Gasteiger partial charge on any atom is -0.428 e. The van der Waals surface area contributed by atoms with E-state index in [2.05, 4.69) is 9.84 Å². The first-order valence-electron chi connectivity index (χ1n) is 7.42. The summed E-state index contributed by atoms with van der Waals surface area (Å²) >= 11 is 0. The summed E-state index contributed by atoms with van der Waals surface area (Å²) in [4.78, 5) is 12.2. The maximum absolute atomic E-state index is 13.5. The third-order valence-electron chi connectivity index (χ3n) is 3.33. The number of amides is 1. The Morgan fingerprint density at radius 3 is 2.34 bits per heavy atom. The van der Waals surface area contributed by atoms with Crippen molar-refractivity contribution in [3.63, 3.8) is 0 Å². The van der Waals surface area contributed by atoms with Crippen molar-refractivity contribution in [2.24, 2.45) is 7.05 Å². The van der Waals surface area contributed by atoms with E-state index in [0.717, 1.165) is 10.9 Å². The number of hydrogen-bond acceptors (Lipinski definition) is 3. The average molecular weight is 435 g/mol. The average Bonchev–Trinajstić information content (AvgIpc) is 2.97. The number of aromatic nitrogens is 2. The minimum absolute atomic E-state index is 0.157. The molecule has 1 amide bonds. The number of carbonyl (C=O) groups excluding carboxylic acids is 1. The Labute approximate surface area is 156 Å². The fraction of sp³-hybridized carbons (Fsp3) is 0.333. The SMILES string of the molecule is Cn1cc(C(=O)Nc2ccc(F)cc2OC(F)(F)C(F)C(F)(F)F)c(C(F)F)n1. The number of halogens is 9. The van der Waals surface area contributed by atoms with Crippen LogP contribution in [-0.2, 0) is 7.05 Å². The molecule has 2 rings (SSSR count). The molecule has 1 N–H and O–H groups in total. The van der Waals surface area contributed by atoms with E-state index in [9.17, 15) is 44.3 Å². The molecule has 0 saturated heterocycles. The van der Waals surface area contributed by atoms with Crippen LogP contribution in [0.15, 0.2) is 24.4 Å². The quantitative estimate of drug-likeness (QED) is 0.674. The number of aryl methyl sites for hydroxylation is 1. The Hall–Kier alpha value is -2.93. The van der Waals surface area contributed by atoms with E-state index >= 15 is 0 Å². The lowest BCUT2D eigenvalue weighted by atomic mass is 10.2. The molecule has 29 heavy (non-hydrogen) atoms. The van der Waals surface area contributed by atoms with Gasteiger partial charge in [-0.1, -0.05) is 0 Å². The first-order chi connectivity index (χ1) is 13.2. The molecular formula is C15H10F9N3O2. The summed E-state index contributed by atoms with van der Waals surface area (Å²) in [5.74, 6) is -3.97. The van der Waals surface area contributed by atoms with Crippen molar-refractivity contribution in [3.8, 4) is 5.75 Å². The van der Waals surface area contributed by atoms with Gasteiger partial charge >= 0.3 is 12.3 Å². The summed E-state index contributed by atoms with van der Waals surface area (Å²) in [5.41, 5.74) is -2.49. The Bertz CT molecular complexity index is 896. The van der Waals surface area contributed by atoms with Gasteiger partial charge in [0.1, 0.15) is 11.5 Å². The van der Waals surface area contributed by atoms with E-state index in [4.69, 9.17) is 0 Å². The van der Waals surface area contributed by atoms with Gasteiger partial charge in [-0.15, -0.1) is 0 Å². The molecule has 1 atom stereocenters. The number of nitrogens with one attached hydrogen (secondary N) is 1. The monoisotopic (exact) mass is 435 g/mol. The Balaban J connectivity index is 2.35. The van der Waals surface area contributed by atoms with Crippen LogP contribution in [0.3, 0.4) is 0 Å². The molecule has 1 unspecified atom stereocenters. The highest BCUT2D eigenvalue weighted by atomic mass is 19.4. The topological polar surface area (TPSA) is 56.2 Å². The van der Waals surface area contributed by atoms with E-state index in [1.807, 2.05) is 5.32 Å². The van der Waals surface area contributed by atoms with Gasteiger partial charge in [0, 0.05) is 19.3 Å². The molecule has 0 saturated carbocycles. The Kier molecular flexibility index (Phi) is 6.04. The van der Waals surface area contributed by atoms with Crippen LogP contribution < -0.4 is 10.1 Å². The van der Waals surface area contributed by atoms with Gasteiger partial charge < -0.3 is 10.1 Å². The lowest BCUT2D eigenvalue weighted by Gasteiger charge is -2.24. The summed E-state index contributed by atoms with van der Waals surface area (Å²) in [5, 5.41) is 5.15. The molecule has 1 heterocycles. The van der Waals surface area contributed by atoms with Crippen LogP contribution in [0.25, 0.3) is 0 Å². The van der Waals surface area contributed by atoms with Crippen LogP contribution in [0.2, 0.25) is 0 Å². The van der Waals surface area contributed by atoms with Crippen molar-refractivity contribution < 1.29 is 49.0 Å². The van der Waals surface area contributed by atoms with E-state index in [0.29, 0.717) is 12.1 Å². The van der Waals surface area contributed by atoms with Gasteiger partial charge in [0.05, 0.1) is 11.3 Å². The summed E-state index contributed by atoms with van der Waals surface area (Å²) in [6, 6.07) is 1.37. The van der Waals surface area contributed by atoms with Crippen LogP contribution in [0.1, 0.15) is 22.5 Å². The predicted octanol–water partition coefficient (Wildman–Crippen LogP) is 4.62. The van der Waals surface area contributed by atoms with E-state index < -0.39 is 59.3 Å². The molecule has 0 bridgehead atoms. The first kappa shape index (κ1) is 22.4. The number of hydrogen-bond donors (Lipinski definition) is 1. The standard InChI is InChI=1S/C15H10F9N3O2/c1-27-5-7(10(26-27)11(17)18)12(28)25-8-3-2-6(16)4-9(8)29-15(23,24)13(19)14(20,21)22/h2-5,11,13H,1H3,(H,25,28). The van der Waals surface area contributed by atoms with Crippen molar-refractivity contribution in [1.29, 1.82) is 0 Å². The summed E-state index contributed by atoms with van der Waals surface area (Å²) in [7, 11) is 1.20. The lowest BCUT2D eigenvalue weighted by molar-refractivity contribution is -0.304. The lowest BCUT2D eigenvalue weighted by Crippen LogP contribution is -2.45. The van der Waals surface area contributed by atoms with Gasteiger partial charge in [-0.05, 0) is 12.1 Å². The number of ether oxygens (including phenoxy) is 1. The van der Waals surface area contributed by atoms with Crippen LogP contribution in [0, 0.1) is 5.82 Å². The number of anilines is 1. The third kappa shape index (κ3) is 5.12. The molecule has 2 aromatic rings. The highest BCUT2D eigenvalue weighted by molar-refractivity contribution is 6.05. The summed E-state index contributed by atoms with van der Waals surface area (Å²) in [6.07, 6.45) is -18.6. The molecule has 14 heteroatoms. The van der Waals surface area contributed by atoms with Crippen LogP contribution >= 0.6 is 0 Å². The van der Waals surface area contributed by atoms with Crippen molar-refractivity contribution >= 4 is 11.6 Å². The molecule has 0 fully saturated rings. The number of nitrogens with zero attached hydrogens (tertiary/aromatic N) is 2. The highest BCUT2D eigenvalue weighted by Crippen LogP contribution is 2.39. The van der Waals surface area contributed by atoms with E-state index in [-0.39, 0.29) is 6.07 Å². The van der Waals surface area contributed by atoms with E-state index in [1.165, 1.54) is 7.05 Å². The van der Waals surface area contributed by atoms with Gasteiger partial charge in [-0.2, -0.15) is 27.1 Å². The summed E-state index contributed by atoms with van der Waals surface area (Å²) < 4.78 is 120. The molecule has 0 aliphatic carbocycles. The number of alkyl halides is 8. The van der Waals surface area contributed by atoms with Crippen molar-refractivity contribution in [2.45, 2.75) is 24.9 Å². The minimum atomic E-state index is -6.00. The smallest absolute Gasteiger partial charge is 0.428 e. The van der Waals surface area contributed by atoms with Gasteiger partial charge in [0.2, 0.25) is 0 Å². The van der Waals surface area contributed by atoms with Gasteiger partial charge in [0.15, 0.2) is 5.75 Å². The first-order valence-corrected chi connectivity index (χ1v) is 7.42. The number of rotatable bonds is 6. The summed E-state index contributed by atoms with van der Waals surface area (Å²) in [6.45, 7) is 0. The third-order valence-corrected chi connectivity index (χ3v) is 3.33. The molecule has 0 radical (unpaired) electrons. The van der Waals surface area contributed by atoms with Gasteiger partial charge in [-0.25, -0.2) is 17.6 Å². The molecule has 1 aromatic carbocycles. The fourth-order valence-electron chi connectivity index (χ4n) is 2.10. The predicted molar refractivity (Wildman–Crippen MR) is 79.0 cm³/mol. The van der Waals surface area contributed by atoms with Crippen LogP contribution in [0.4, 0.5) is 45.2 Å². The van der Waals surface area contributed by atoms with Crippen LogP contribution in [-0.4, -0.2) is 34.1 Å². The molecule has 0 aliphatic heterocycles. The van der Waals surface area contributed by atoms with Crippen molar-refractivity contribution in [3.05, 3.63) is 41.5 Å². The second-order valence-corrected chi connectivity index (χ2v) is 5.57. The Morgan fingerprint density at radius 2 is 1.79 bits per heavy atom. The molecule has 1 aromatic heterocycles. The molecular weight excluding hydrogens is 425 g/mol. The van der Waals surface area contributed by atoms with E-state index in [1.54, 1.807) is 0 Å². The molecule has 0 aliphatic rings. The molecule has 5 nitrogen and oxygen atoms in total. The normalized spacial score (nSPS) is 13.5. The molecule has 0 spiro atoms. The Morgan fingerprint density at radius 1 is 1.17 bits per heavy atom. The second-order valence-electron chi connectivity index (χ2n) is 5.57. The van der Waals surface area contributed by atoms with Crippen molar-refractivity contribution in [2.75, 3.05) is 5.32 Å². The fourth-order valence-corrected chi connectivity index (χ4v) is 2.10. The zero-order chi connectivity index (χ0) is 22.1. The number of carbonyl (C=O) groups is 1. The van der Waals surface area contributed by atoms with Gasteiger partial charge in [-0.3, -0.25) is 9.48 Å². The van der Waals surface area contributed by atoms with Gasteiger partial charge in [0.25, 0.3) is 18.5 Å². The highest BCUT2D eigenvalue weighted by Gasteiger charge is 2.59. The maximum atomic E-state index is 13.5. The van der Waals surface area contributed by atoms with Crippen molar-refractivity contribution in [1.82, 2.24) is 9.78 Å². The second kappa shape index (κ2) is 7.83. The number of benzene rings is 1. The molecule has 160 valence electrons. The zero-order valence-corrected chi connectivity index (χ0v) is 14.1. The maximum Gasteiger partial charge on any atom is 0.439 e.